The Balaban J connectivity index is 1.52. The lowest BCUT2D eigenvalue weighted by molar-refractivity contribution is -0.130. The summed E-state index contributed by atoms with van der Waals surface area (Å²) in [5.74, 6) is -0.263. The molecule has 0 aromatic heterocycles. The Kier molecular flexibility index (Phi) is 6.04. The van der Waals surface area contributed by atoms with Crippen LogP contribution in [0.1, 0.15) is 36.8 Å². The van der Waals surface area contributed by atoms with E-state index in [1.807, 2.05) is 12.1 Å². The van der Waals surface area contributed by atoms with E-state index in [1.165, 1.54) is 5.56 Å². The molecule has 25 heavy (non-hydrogen) atoms. The minimum absolute atomic E-state index is 0.0248. The predicted octanol–water partition coefficient (Wildman–Crippen LogP) is 1.18. The summed E-state index contributed by atoms with van der Waals surface area (Å²) >= 11 is 0. The van der Waals surface area contributed by atoms with Gasteiger partial charge in [-0.2, -0.15) is 0 Å². The molecule has 2 atom stereocenters. The Labute approximate surface area is 148 Å². The van der Waals surface area contributed by atoms with Crippen molar-refractivity contribution in [1.82, 2.24) is 10.2 Å². The molecule has 0 aliphatic carbocycles. The fourth-order valence-electron chi connectivity index (χ4n) is 3.61. The largest absolute Gasteiger partial charge is 0.369 e. The van der Waals surface area contributed by atoms with Gasteiger partial charge in [0.1, 0.15) is 6.10 Å². The molecule has 3 N–H and O–H groups in total. The van der Waals surface area contributed by atoms with Crippen molar-refractivity contribution in [3.8, 4) is 0 Å². The molecule has 0 saturated carbocycles. The molecule has 0 unspecified atom stereocenters. The lowest BCUT2D eigenvalue weighted by Gasteiger charge is -2.31. The topological polar surface area (TPSA) is 84.7 Å². The van der Waals surface area contributed by atoms with Crippen molar-refractivity contribution < 1.29 is 14.3 Å². The van der Waals surface area contributed by atoms with Crippen LogP contribution in [0.2, 0.25) is 0 Å². The molecule has 0 spiro atoms. The van der Waals surface area contributed by atoms with Gasteiger partial charge in [-0.15, -0.1) is 0 Å². The van der Waals surface area contributed by atoms with Gasteiger partial charge < -0.3 is 15.8 Å². The Bertz CT molecular complexity index is 614. The summed E-state index contributed by atoms with van der Waals surface area (Å²) in [4.78, 5) is 25.7. The fraction of sp³-hybridized carbons (Fsp3) is 0.579. The molecule has 6 heteroatoms. The van der Waals surface area contributed by atoms with Gasteiger partial charge in [0.2, 0.25) is 11.8 Å². The maximum Gasteiger partial charge on any atom is 0.249 e. The number of likely N-dealkylation sites (tertiary alicyclic amines) is 1. The molecule has 3 rings (SSSR count). The third-order valence-corrected chi connectivity index (χ3v) is 4.99. The number of piperidine rings is 1. The lowest BCUT2D eigenvalue weighted by atomic mass is 9.97. The fourth-order valence-corrected chi connectivity index (χ4v) is 3.61. The molecule has 6 nitrogen and oxygen atoms in total. The molecule has 2 aliphatic heterocycles. The molecular formula is C19H27N3O3. The number of amides is 2. The highest BCUT2D eigenvalue weighted by Crippen LogP contribution is 2.19. The zero-order valence-electron chi connectivity index (χ0n) is 14.6. The minimum atomic E-state index is -0.290. The number of benzene rings is 1. The number of nitrogens with one attached hydrogen (secondary N) is 1. The quantitative estimate of drug-likeness (QED) is 0.811. The maximum atomic E-state index is 12.0. The molecule has 2 amide bonds. The van der Waals surface area contributed by atoms with Gasteiger partial charge in [-0.05, 0) is 43.4 Å². The standard InChI is InChI=1S/C19H27N3O3/c20-18(23)16-6-2-8-22(13-16)12-15-5-1-4-14(10-15)11-21-19(24)17-7-3-9-25-17/h1,4-5,10,16-17H,2-3,6-9,11-13H2,(H2,20,23)(H,21,24)/t16-,17+/m1/s1. The van der Waals surface area contributed by atoms with E-state index in [0.717, 1.165) is 50.9 Å². The Morgan fingerprint density at radius 1 is 1.24 bits per heavy atom. The van der Waals surface area contributed by atoms with Crippen molar-refractivity contribution in [2.45, 2.75) is 44.9 Å². The molecule has 2 saturated heterocycles. The van der Waals surface area contributed by atoms with Gasteiger partial charge >= 0.3 is 0 Å². The lowest BCUT2D eigenvalue weighted by Crippen LogP contribution is -2.40. The first kappa shape index (κ1) is 17.9. The first-order chi connectivity index (χ1) is 12.1. The first-order valence-corrected chi connectivity index (χ1v) is 9.10. The molecule has 2 heterocycles. The van der Waals surface area contributed by atoms with Crippen LogP contribution in [-0.2, 0) is 27.4 Å². The molecule has 0 radical (unpaired) electrons. The van der Waals surface area contributed by atoms with Crippen LogP contribution in [-0.4, -0.2) is 42.5 Å². The normalized spacial score (nSPS) is 24.2. The second kappa shape index (κ2) is 8.45. The zero-order chi connectivity index (χ0) is 17.6. The average Bonchev–Trinajstić information content (AvgIpc) is 3.15. The van der Waals surface area contributed by atoms with Crippen molar-refractivity contribution >= 4 is 11.8 Å². The summed E-state index contributed by atoms with van der Waals surface area (Å²) < 4.78 is 5.40. The Morgan fingerprint density at radius 3 is 2.84 bits per heavy atom. The van der Waals surface area contributed by atoms with Crippen LogP contribution < -0.4 is 11.1 Å². The highest BCUT2D eigenvalue weighted by atomic mass is 16.5. The molecular weight excluding hydrogens is 318 g/mol. The number of carbonyl (C=O) groups excluding carboxylic acids is 2. The molecule has 136 valence electrons. The van der Waals surface area contributed by atoms with Crippen LogP contribution in [0.3, 0.4) is 0 Å². The number of hydrogen-bond acceptors (Lipinski definition) is 4. The van der Waals surface area contributed by atoms with Crippen LogP contribution in [0.5, 0.6) is 0 Å². The summed E-state index contributed by atoms with van der Waals surface area (Å²) in [6.07, 6.45) is 3.37. The van der Waals surface area contributed by atoms with Gasteiger partial charge in [-0.25, -0.2) is 0 Å². The van der Waals surface area contributed by atoms with Gasteiger partial charge in [0, 0.05) is 26.2 Å². The molecule has 1 aromatic rings. The third kappa shape index (κ3) is 5.03. The van der Waals surface area contributed by atoms with Crippen molar-refractivity contribution in [2.75, 3.05) is 19.7 Å². The van der Waals surface area contributed by atoms with E-state index in [4.69, 9.17) is 10.5 Å². The summed E-state index contributed by atoms with van der Waals surface area (Å²) in [6, 6.07) is 8.23. The van der Waals surface area contributed by atoms with Gasteiger partial charge in [0.05, 0.1) is 5.92 Å². The van der Waals surface area contributed by atoms with Crippen molar-refractivity contribution in [3.63, 3.8) is 0 Å². The number of hydrogen-bond donors (Lipinski definition) is 2. The molecule has 0 bridgehead atoms. The van der Waals surface area contributed by atoms with Crippen molar-refractivity contribution in [3.05, 3.63) is 35.4 Å². The van der Waals surface area contributed by atoms with E-state index in [1.54, 1.807) is 0 Å². The number of primary amides is 1. The highest BCUT2D eigenvalue weighted by molar-refractivity contribution is 5.80. The second-order valence-electron chi connectivity index (χ2n) is 7.02. The second-order valence-corrected chi connectivity index (χ2v) is 7.02. The van der Waals surface area contributed by atoms with Gasteiger partial charge in [-0.3, -0.25) is 14.5 Å². The number of nitrogens with two attached hydrogens (primary N) is 1. The van der Waals surface area contributed by atoms with Gasteiger partial charge in [-0.1, -0.05) is 24.3 Å². The molecule has 1 aromatic carbocycles. The van der Waals surface area contributed by atoms with Gasteiger partial charge in [0.25, 0.3) is 0 Å². The summed E-state index contributed by atoms with van der Waals surface area (Å²) in [5.41, 5.74) is 7.72. The van der Waals surface area contributed by atoms with Crippen LogP contribution in [0.25, 0.3) is 0 Å². The van der Waals surface area contributed by atoms with E-state index >= 15 is 0 Å². The molecule has 2 fully saturated rings. The summed E-state index contributed by atoms with van der Waals surface area (Å²) in [7, 11) is 0. The molecule has 2 aliphatic rings. The van der Waals surface area contributed by atoms with E-state index in [0.29, 0.717) is 13.2 Å². The summed E-state index contributed by atoms with van der Waals surface area (Å²) in [5, 5.41) is 2.96. The predicted molar refractivity (Wildman–Crippen MR) is 94.5 cm³/mol. The van der Waals surface area contributed by atoms with Crippen LogP contribution in [0, 0.1) is 5.92 Å². The van der Waals surface area contributed by atoms with Gasteiger partial charge in [0.15, 0.2) is 0 Å². The average molecular weight is 345 g/mol. The van der Waals surface area contributed by atoms with Crippen LogP contribution in [0.4, 0.5) is 0 Å². The zero-order valence-corrected chi connectivity index (χ0v) is 14.6. The van der Waals surface area contributed by atoms with E-state index in [-0.39, 0.29) is 23.8 Å². The monoisotopic (exact) mass is 345 g/mol. The van der Waals surface area contributed by atoms with E-state index in [9.17, 15) is 9.59 Å². The van der Waals surface area contributed by atoms with Crippen molar-refractivity contribution in [1.29, 1.82) is 0 Å². The van der Waals surface area contributed by atoms with Crippen LogP contribution in [0.15, 0.2) is 24.3 Å². The first-order valence-electron chi connectivity index (χ1n) is 9.10. The SMILES string of the molecule is NC(=O)[C@@H]1CCCN(Cc2cccc(CNC(=O)[C@@H]3CCCO3)c2)C1. The summed E-state index contributed by atoms with van der Waals surface area (Å²) in [6.45, 7) is 3.71. The Hall–Kier alpha value is -1.92. The number of ether oxygens (including phenoxy) is 1. The maximum absolute atomic E-state index is 12.0. The number of nitrogens with zero attached hydrogens (tertiary/aromatic N) is 1. The smallest absolute Gasteiger partial charge is 0.249 e. The van der Waals surface area contributed by atoms with E-state index < -0.39 is 0 Å². The highest BCUT2D eigenvalue weighted by Gasteiger charge is 2.24. The number of rotatable bonds is 6. The number of carbonyl (C=O) groups is 2. The van der Waals surface area contributed by atoms with Crippen molar-refractivity contribution in [2.24, 2.45) is 11.7 Å². The Morgan fingerprint density at radius 2 is 2.08 bits per heavy atom. The minimum Gasteiger partial charge on any atom is -0.369 e. The third-order valence-electron chi connectivity index (χ3n) is 4.99. The van der Waals surface area contributed by atoms with Crippen LogP contribution >= 0.6 is 0 Å². The van der Waals surface area contributed by atoms with E-state index in [2.05, 4.69) is 22.3 Å².